The maximum atomic E-state index is 10.6. The lowest BCUT2D eigenvalue weighted by atomic mass is 10.2. The average Bonchev–Trinajstić information content (AvgIpc) is 2.39. The number of carbonyl (C=O) groups is 1. The first-order valence-corrected chi connectivity index (χ1v) is 5.74. The molecule has 6 heteroatoms. The monoisotopic (exact) mass is 246 g/mol. The van der Waals surface area contributed by atoms with Crippen molar-refractivity contribution < 1.29 is 9.90 Å². The zero-order valence-corrected chi connectivity index (χ0v) is 9.91. The molecule has 0 atom stereocenters. The van der Waals surface area contributed by atoms with Crippen molar-refractivity contribution >= 4 is 11.7 Å². The summed E-state index contributed by atoms with van der Waals surface area (Å²) >= 11 is 0. The average molecular weight is 246 g/mol. The van der Waals surface area contributed by atoms with Gasteiger partial charge in [0.05, 0.1) is 18.4 Å². The zero-order valence-electron chi connectivity index (χ0n) is 9.91. The normalized spacial score (nSPS) is 16.3. The molecule has 0 aliphatic carbocycles. The van der Waals surface area contributed by atoms with E-state index in [0.29, 0.717) is 5.69 Å². The van der Waals surface area contributed by atoms with E-state index in [1.165, 1.54) is 0 Å². The van der Waals surface area contributed by atoms with Crippen molar-refractivity contribution in [1.82, 2.24) is 9.88 Å². The van der Waals surface area contributed by atoms with Gasteiger partial charge in [-0.2, -0.15) is 5.26 Å². The van der Waals surface area contributed by atoms with Gasteiger partial charge < -0.3 is 10.0 Å². The number of anilines is 1. The van der Waals surface area contributed by atoms with Crippen molar-refractivity contribution in [2.75, 3.05) is 37.6 Å². The third-order valence-corrected chi connectivity index (χ3v) is 2.96. The molecule has 1 aromatic heterocycles. The molecule has 1 aliphatic heterocycles. The molecule has 1 aromatic rings. The van der Waals surface area contributed by atoms with Crippen LogP contribution >= 0.6 is 0 Å². The molecule has 18 heavy (non-hydrogen) atoms. The number of nitriles is 1. The van der Waals surface area contributed by atoms with Crippen LogP contribution in [-0.4, -0.2) is 53.7 Å². The Morgan fingerprint density at radius 1 is 1.39 bits per heavy atom. The largest absolute Gasteiger partial charge is 0.480 e. The second-order valence-electron chi connectivity index (χ2n) is 4.17. The number of carboxylic acids is 1. The molecule has 1 fully saturated rings. The van der Waals surface area contributed by atoms with Crippen molar-refractivity contribution in [2.45, 2.75) is 0 Å². The molecule has 6 nitrogen and oxygen atoms in total. The van der Waals surface area contributed by atoms with Gasteiger partial charge in [0.1, 0.15) is 11.8 Å². The fraction of sp³-hybridized carbons (Fsp3) is 0.417. The molecule has 0 saturated carbocycles. The molecule has 0 unspecified atom stereocenters. The minimum atomic E-state index is -0.788. The molecule has 2 heterocycles. The highest BCUT2D eigenvalue weighted by Gasteiger charge is 2.18. The van der Waals surface area contributed by atoms with Gasteiger partial charge in [0, 0.05) is 26.2 Å². The molecule has 2 rings (SSSR count). The van der Waals surface area contributed by atoms with Gasteiger partial charge in [0.2, 0.25) is 0 Å². The molecule has 1 N–H and O–H groups in total. The number of hydrogen-bond donors (Lipinski definition) is 1. The molecular weight excluding hydrogens is 232 g/mol. The molecule has 0 spiro atoms. The summed E-state index contributed by atoms with van der Waals surface area (Å²) in [6.45, 7) is 3.11. The predicted octanol–water partition coefficient (Wildman–Crippen LogP) is 0.160. The Balaban J connectivity index is 1.93. The van der Waals surface area contributed by atoms with Crippen LogP contribution in [0.5, 0.6) is 0 Å². The minimum absolute atomic E-state index is 0.0967. The first-order chi connectivity index (χ1) is 8.69. The number of carboxylic acid groups (broad SMARTS) is 1. The molecule has 0 aromatic carbocycles. The van der Waals surface area contributed by atoms with E-state index < -0.39 is 5.97 Å². The molecule has 1 saturated heterocycles. The summed E-state index contributed by atoms with van der Waals surface area (Å²) in [6, 6.07) is 5.55. The minimum Gasteiger partial charge on any atom is -0.480 e. The van der Waals surface area contributed by atoms with Gasteiger partial charge in [-0.05, 0) is 12.1 Å². The van der Waals surface area contributed by atoms with Gasteiger partial charge >= 0.3 is 5.97 Å². The Bertz CT molecular complexity index is 458. The summed E-state index contributed by atoms with van der Waals surface area (Å²) in [5, 5.41) is 17.4. The lowest BCUT2D eigenvalue weighted by Crippen LogP contribution is -2.48. The van der Waals surface area contributed by atoms with Gasteiger partial charge in [-0.3, -0.25) is 9.69 Å². The van der Waals surface area contributed by atoms with E-state index in [1.807, 2.05) is 17.0 Å². The molecule has 1 aliphatic rings. The van der Waals surface area contributed by atoms with Crippen LogP contribution in [0.3, 0.4) is 0 Å². The van der Waals surface area contributed by atoms with Crippen LogP contribution in [0.4, 0.5) is 5.69 Å². The van der Waals surface area contributed by atoms with Crippen LogP contribution in [0.1, 0.15) is 5.69 Å². The van der Waals surface area contributed by atoms with Gasteiger partial charge in [0.15, 0.2) is 0 Å². The predicted molar refractivity (Wildman–Crippen MR) is 65.2 cm³/mol. The SMILES string of the molecule is N#Cc1ccc(N2CCN(CC(=O)O)CC2)cn1. The van der Waals surface area contributed by atoms with Gasteiger partial charge in [-0.15, -0.1) is 0 Å². The van der Waals surface area contributed by atoms with E-state index in [1.54, 1.807) is 12.3 Å². The third-order valence-electron chi connectivity index (χ3n) is 2.96. The Hall–Kier alpha value is -2.13. The van der Waals surface area contributed by atoms with Crippen molar-refractivity contribution in [3.8, 4) is 6.07 Å². The second kappa shape index (κ2) is 5.47. The number of hydrogen-bond acceptors (Lipinski definition) is 5. The molecular formula is C12H14N4O2. The van der Waals surface area contributed by atoms with E-state index >= 15 is 0 Å². The van der Waals surface area contributed by atoms with Crippen LogP contribution < -0.4 is 4.90 Å². The fourth-order valence-corrected chi connectivity index (χ4v) is 1.99. The molecule has 0 amide bonds. The van der Waals surface area contributed by atoms with Gasteiger partial charge in [-0.1, -0.05) is 0 Å². The van der Waals surface area contributed by atoms with Crippen LogP contribution in [0.15, 0.2) is 18.3 Å². The zero-order chi connectivity index (χ0) is 13.0. The summed E-state index contributed by atoms with van der Waals surface area (Å²) in [5.74, 6) is -0.788. The van der Waals surface area contributed by atoms with E-state index in [9.17, 15) is 4.79 Å². The first kappa shape index (κ1) is 12.3. The topological polar surface area (TPSA) is 80.5 Å². The molecule has 0 radical (unpaired) electrons. The fourth-order valence-electron chi connectivity index (χ4n) is 1.99. The summed E-state index contributed by atoms with van der Waals surface area (Å²) in [4.78, 5) is 18.7. The van der Waals surface area contributed by atoms with E-state index in [2.05, 4.69) is 9.88 Å². The van der Waals surface area contributed by atoms with E-state index in [0.717, 1.165) is 31.9 Å². The maximum absolute atomic E-state index is 10.6. The highest BCUT2D eigenvalue weighted by molar-refractivity contribution is 5.69. The van der Waals surface area contributed by atoms with Crippen molar-refractivity contribution in [3.05, 3.63) is 24.0 Å². The molecule has 0 bridgehead atoms. The standard InChI is InChI=1S/C12H14N4O2/c13-7-10-1-2-11(8-14-10)16-5-3-15(4-6-16)9-12(17)18/h1-2,8H,3-6,9H2,(H,17,18). The summed E-state index contributed by atoms with van der Waals surface area (Å²) in [7, 11) is 0. The van der Waals surface area contributed by atoms with Crippen molar-refractivity contribution in [2.24, 2.45) is 0 Å². The lowest BCUT2D eigenvalue weighted by Gasteiger charge is -2.35. The van der Waals surface area contributed by atoms with Crippen molar-refractivity contribution in [1.29, 1.82) is 5.26 Å². The Kier molecular flexibility index (Phi) is 3.75. The summed E-state index contributed by atoms with van der Waals surface area (Å²) in [6.07, 6.45) is 1.69. The Morgan fingerprint density at radius 3 is 2.61 bits per heavy atom. The van der Waals surface area contributed by atoms with Gasteiger partial charge in [-0.25, -0.2) is 4.98 Å². The number of piperazine rings is 1. The summed E-state index contributed by atoms with van der Waals surface area (Å²) in [5.41, 5.74) is 1.38. The number of pyridine rings is 1. The van der Waals surface area contributed by atoms with Crippen LogP contribution in [-0.2, 0) is 4.79 Å². The smallest absolute Gasteiger partial charge is 0.317 e. The van der Waals surface area contributed by atoms with Crippen LogP contribution in [0.2, 0.25) is 0 Å². The molecule has 94 valence electrons. The van der Waals surface area contributed by atoms with E-state index in [-0.39, 0.29) is 6.54 Å². The van der Waals surface area contributed by atoms with Gasteiger partial charge in [0.25, 0.3) is 0 Å². The highest BCUT2D eigenvalue weighted by atomic mass is 16.4. The third kappa shape index (κ3) is 2.96. The van der Waals surface area contributed by atoms with Crippen molar-refractivity contribution in [3.63, 3.8) is 0 Å². The number of aliphatic carboxylic acids is 1. The van der Waals surface area contributed by atoms with Crippen LogP contribution in [0, 0.1) is 11.3 Å². The number of nitrogens with zero attached hydrogens (tertiary/aromatic N) is 4. The first-order valence-electron chi connectivity index (χ1n) is 5.74. The number of rotatable bonds is 3. The highest BCUT2D eigenvalue weighted by Crippen LogP contribution is 2.15. The number of aromatic nitrogens is 1. The summed E-state index contributed by atoms with van der Waals surface area (Å²) < 4.78 is 0. The Morgan fingerprint density at radius 2 is 2.11 bits per heavy atom. The van der Waals surface area contributed by atoms with Crippen LogP contribution in [0.25, 0.3) is 0 Å². The maximum Gasteiger partial charge on any atom is 0.317 e. The lowest BCUT2D eigenvalue weighted by molar-refractivity contribution is -0.138. The second-order valence-corrected chi connectivity index (χ2v) is 4.17. The quantitative estimate of drug-likeness (QED) is 0.818. The van der Waals surface area contributed by atoms with E-state index in [4.69, 9.17) is 10.4 Å². The Labute approximate surface area is 105 Å².